The van der Waals surface area contributed by atoms with Crippen LogP contribution < -0.4 is 10.1 Å². The number of ether oxygens (including phenoxy) is 1. The first-order valence-electron chi connectivity index (χ1n) is 8.48. The highest BCUT2D eigenvalue weighted by Gasteiger charge is 2.34. The van der Waals surface area contributed by atoms with E-state index < -0.39 is 10.0 Å². The second kappa shape index (κ2) is 7.95. The molecule has 25 heavy (non-hydrogen) atoms. The van der Waals surface area contributed by atoms with Crippen LogP contribution in [-0.4, -0.2) is 43.9 Å². The van der Waals surface area contributed by atoms with E-state index in [1.54, 1.807) is 41.0 Å². The molecule has 1 saturated heterocycles. The summed E-state index contributed by atoms with van der Waals surface area (Å²) >= 11 is 0. The summed E-state index contributed by atoms with van der Waals surface area (Å²) in [4.78, 5) is 4.41. The molecule has 0 spiro atoms. The van der Waals surface area contributed by atoms with Crippen LogP contribution in [0.25, 0.3) is 0 Å². The van der Waals surface area contributed by atoms with E-state index in [0.717, 1.165) is 12.0 Å². The summed E-state index contributed by atoms with van der Waals surface area (Å²) in [5.74, 6) is 0.685. The van der Waals surface area contributed by atoms with Gasteiger partial charge in [0, 0.05) is 32.0 Å². The molecule has 6 nitrogen and oxygen atoms in total. The summed E-state index contributed by atoms with van der Waals surface area (Å²) in [6.07, 6.45) is 4.32. The Morgan fingerprint density at radius 2 is 2.08 bits per heavy atom. The van der Waals surface area contributed by atoms with Crippen LogP contribution in [0.2, 0.25) is 0 Å². The number of hydrogen-bond acceptors (Lipinski definition) is 5. The lowest BCUT2D eigenvalue weighted by Crippen LogP contribution is -2.48. The molecule has 1 unspecified atom stereocenters. The highest BCUT2D eigenvalue weighted by atomic mass is 32.2. The van der Waals surface area contributed by atoms with Crippen molar-refractivity contribution in [3.63, 3.8) is 0 Å². The fourth-order valence-electron chi connectivity index (χ4n) is 2.89. The molecule has 1 atom stereocenters. The molecule has 1 aromatic carbocycles. The highest BCUT2D eigenvalue weighted by molar-refractivity contribution is 7.89. The molecule has 0 aliphatic carbocycles. The first kappa shape index (κ1) is 17.8. The maximum Gasteiger partial charge on any atom is 0.243 e. The van der Waals surface area contributed by atoms with Gasteiger partial charge in [0.05, 0.1) is 17.5 Å². The zero-order chi connectivity index (χ0) is 17.7. The van der Waals surface area contributed by atoms with Gasteiger partial charge < -0.3 is 10.1 Å². The quantitative estimate of drug-likeness (QED) is 0.854. The molecule has 134 valence electrons. The number of nitrogens with one attached hydrogen (secondary N) is 1. The van der Waals surface area contributed by atoms with Gasteiger partial charge in [0.1, 0.15) is 5.75 Å². The highest BCUT2D eigenvalue weighted by Crippen LogP contribution is 2.29. The third-order valence-electron chi connectivity index (χ3n) is 4.17. The Morgan fingerprint density at radius 3 is 2.76 bits per heavy atom. The minimum atomic E-state index is -3.59. The predicted molar refractivity (Wildman–Crippen MR) is 96.0 cm³/mol. The molecule has 1 aromatic heterocycles. The standard InChI is InChI=1S/C18H23N3O3S/c1-2-12-24-16-5-7-17(8-6-16)25(22,23)21-11-10-20-14-18(21)15-4-3-9-19-13-15/h3-9,13,18,20H,2,10-12,14H2,1H3. The number of piperazine rings is 1. The lowest BCUT2D eigenvalue weighted by atomic mass is 10.1. The van der Waals surface area contributed by atoms with Gasteiger partial charge in [-0.05, 0) is 42.3 Å². The van der Waals surface area contributed by atoms with Crippen LogP contribution in [0.1, 0.15) is 24.9 Å². The number of benzene rings is 1. The molecule has 0 saturated carbocycles. The Kier molecular flexibility index (Phi) is 5.67. The van der Waals surface area contributed by atoms with Crippen LogP contribution in [0.5, 0.6) is 5.75 Å². The molecule has 0 bridgehead atoms. The van der Waals surface area contributed by atoms with E-state index in [1.807, 2.05) is 19.1 Å². The van der Waals surface area contributed by atoms with Gasteiger partial charge in [-0.3, -0.25) is 4.98 Å². The summed E-state index contributed by atoms with van der Waals surface area (Å²) in [5.41, 5.74) is 0.890. The van der Waals surface area contributed by atoms with Crippen molar-refractivity contribution >= 4 is 10.0 Å². The van der Waals surface area contributed by atoms with Crippen molar-refractivity contribution < 1.29 is 13.2 Å². The minimum Gasteiger partial charge on any atom is -0.494 e. The SMILES string of the molecule is CCCOc1ccc(S(=O)(=O)N2CCNCC2c2cccnc2)cc1. The first-order valence-corrected chi connectivity index (χ1v) is 9.92. The molecule has 7 heteroatoms. The van der Waals surface area contributed by atoms with E-state index in [1.165, 1.54) is 0 Å². The Labute approximate surface area is 148 Å². The van der Waals surface area contributed by atoms with E-state index in [2.05, 4.69) is 10.3 Å². The van der Waals surface area contributed by atoms with E-state index >= 15 is 0 Å². The average Bonchev–Trinajstić information content (AvgIpc) is 2.67. The Morgan fingerprint density at radius 1 is 1.28 bits per heavy atom. The third kappa shape index (κ3) is 4.00. The summed E-state index contributed by atoms with van der Waals surface area (Å²) in [5, 5.41) is 3.27. The summed E-state index contributed by atoms with van der Waals surface area (Å²) in [6, 6.07) is 10.1. The van der Waals surface area contributed by atoms with Gasteiger partial charge in [0.25, 0.3) is 0 Å². The molecular formula is C18H23N3O3S. The zero-order valence-electron chi connectivity index (χ0n) is 14.3. The van der Waals surface area contributed by atoms with Crippen LogP contribution >= 0.6 is 0 Å². The minimum absolute atomic E-state index is 0.261. The molecule has 0 amide bonds. The molecular weight excluding hydrogens is 338 g/mol. The van der Waals surface area contributed by atoms with Crippen LogP contribution in [0, 0.1) is 0 Å². The van der Waals surface area contributed by atoms with Gasteiger partial charge in [-0.15, -0.1) is 0 Å². The van der Waals surface area contributed by atoms with E-state index in [0.29, 0.717) is 32.0 Å². The largest absolute Gasteiger partial charge is 0.494 e. The van der Waals surface area contributed by atoms with Crippen LogP contribution in [0.4, 0.5) is 0 Å². The second-order valence-electron chi connectivity index (χ2n) is 5.94. The maximum atomic E-state index is 13.1. The van der Waals surface area contributed by atoms with E-state index in [9.17, 15) is 8.42 Å². The van der Waals surface area contributed by atoms with Crippen molar-refractivity contribution in [1.29, 1.82) is 0 Å². The number of nitrogens with zero attached hydrogens (tertiary/aromatic N) is 2. The lowest BCUT2D eigenvalue weighted by molar-refractivity contribution is 0.271. The van der Waals surface area contributed by atoms with Crippen molar-refractivity contribution in [3.8, 4) is 5.75 Å². The number of hydrogen-bond donors (Lipinski definition) is 1. The average molecular weight is 361 g/mol. The molecule has 0 radical (unpaired) electrons. The van der Waals surface area contributed by atoms with Gasteiger partial charge >= 0.3 is 0 Å². The van der Waals surface area contributed by atoms with Gasteiger partial charge in [-0.2, -0.15) is 4.31 Å². The summed E-state index contributed by atoms with van der Waals surface area (Å²) in [6.45, 7) is 4.28. The molecule has 2 heterocycles. The lowest BCUT2D eigenvalue weighted by Gasteiger charge is -2.35. The van der Waals surface area contributed by atoms with Gasteiger partial charge in [0.2, 0.25) is 10.0 Å². The summed E-state index contributed by atoms with van der Waals surface area (Å²) in [7, 11) is -3.59. The van der Waals surface area contributed by atoms with Gasteiger partial charge in [-0.1, -0.05) is 13.0 Å². The van der Waals surface area contributed by atoms with Crippen LogP contribution in [-0.2, 0) is 10.0 Å². The van der Waals surface area contributed by atoms with Crippen LogP contribution in [0.15, 0.2) is 53.7 Å². The number of sulfonamides is 1. The molecule has 2 aromatic rings. The molecule has 1 fully saturated rings. The monoisotopic (exact) mass is 361 g/mol. The fraction of sp³-hybridized carbons (Fsp3) is 0.389. The maximum absolute atomic E-state index is 13.1. The molecule has 1 aliphatic rings. The molecule has 1 N–H and O–H groups in total. The number of rotatable bonds is 6. The van der Waals surface area contributed by atoms with Crippen molar-refractivity contribution in [2.75, 3.05) is 26.2 Å². The van der Waals surface area contributed by atoms with E-state index in [4.69, 9.17) is 4.74 Å². The van der Waals surface area contributed by atoms with Gasteiger partial charge in [-0.25, -0.2) is 8.42 Å². The van der Waals surface area contributed by atoms with Crippen molar-refractivity contribution in [3.05, 3.63) is 54.4 Å². The Bertz CT molecular complexity index is 779. The normalized spacial score (nSPS) is 18.8. The Hall–Kier alpha value is -1.96. The second-order valence-corrected chi connectivity index (χ2v) is 7.83. The summed E-state index contributed by atoms with van der Waals surface area (Å²) < 4.78 is 33.4. The van der Waals surface area contributed by atoms with E-state index in [-0.39, 0.29) is 10.9 Å². The Balaban J connectivity index is 1.86. The molecule has 1 aliphatic heterocycles. The van der Waals surface area contributed by atoms with Crippen molar-refractivity contribution in [2.24, 2.45) is 0 Å². The van der Waals surface area contributed by atoms with Crippen LogP contribution in [0.3, 0.4) is 0 Å². The number of aromatic nitrogens is 1. The molecule has 3 rings (SSSR count). The predicted octanol–water partition coefficient (Wildman–Crippen LogP) is 2.21. The first-order chi connectivity index (χ1) is 12.1. The zero-order valence-corrected chi connectivity index (χ0v) is 15.1. The fourth-order valence-corrected chi connectivity index (χ4v) is 4.51. The van der Waals surface area contributed by atoms with Gasteiger partial charge in [0.15, 0.2) is 0 Å². The topological polar surface area (TPSA) is 71.5 Å². The number of pyridine rings is 1. The smallest absolute Gasteiger partial charge is 0.243 e. The van der Waals surface area contributed by atoms with Crippen molar-refractivity contribution in [1.82, 2.24) is 14.6 Å². The van der Waals surface area contributed by atoms with Crippen molar-refractivity contribution in [2.45, 2.75) is 24.3 Å². The third-order valence-corrected chi connectivity index (χ3v) is 6.09.